The minimum atomic E-state index is -0.0893. The molecule has 7 nitrogen and oxygen atoms in total. The molecule has 0 aliphatic rings. The summed E-state index contributed by atoms with van der Waals surface area (Å²) in [6.07, 6.45) is 2.06. The highest BCUT2D eigenvalue weighted by atomic mass is 32.2. The maximum Gasteiger partial charge on any atom is 0.226 e. The lowest BCUT2D eigenvalue weighted by Crippen LogP contribution is -2.13. The highest BCUT2D eigenvalue weighted by Crippen LogP contribution is 2.23. The first-order valence-electron chi connectivity index (χ1n) is 8.15. The van der Waals surface area contributed by atoms with Crippen LogP contribution in [0.25, 0.3) is 22.1 Å². The summed E-state index contributed by atoms with van der Waals surface area (Å²) in [5, 5.41) is 12.8. The van der Waals surface area contributed by atoms with Crippen LogP contribution in [-0.2, 0) is 4.79 Å². The predicted octanol–water partition coefficient (Wildman–Crippen LogP) is 3.33. The van der Waals surface area contributed by atoms with Crippen LogP contribution in [0.3, 0.4) is 0 Å². The van der Waals surface area contributed by atoms with Gasteiger partial charge in [0.15, 0.2) is 5.65 Å². The number of hydrogen-bond acceptors (Lipinski definition) is 6. The van der Waals surface area contributed by atoms with Crippen LogP contribution in [0.4, 0.5) is 5.82 Å². The Morgan fingerprint density at radius 3 is 2.92 bits per heavy atom. The molecule has 3 aromatic heterocycles. The number of pyridine rings is 1. The monoisotopic (exact) mass is 364 g/mol. The first-order valence-corrected chi connectivity index (χ1v) is 9.14. The van der Waals surface area contributed by atoms with E-state index < -0.39 is 0 Å². The molecule has 3 heterocycles. The van der Waals surface area contributed by atoms with E-state index in [2.05, 4.69) is 30.5 Å². The molecule has 8 heteroatoms. The van der Waals surface area contributed by atoms with Crippen molar-refractivity contribution in [2.24, 2.45) is 0 Å². The van der Waals surface area contributed by atoms with Gasteiger partial charge in [0.1, 0.15) is 11.3 Å². The molecule has 0 aliphatic carbocycles. The second kappa shape index (κ2) is 7.09. The summed E-state index contributed by atoms with van der Waals surface area (Å²) in [7, 11) is 0. The van der Waals surface area contributed by atoms with Crippen molar-refractivity contribution in [3.63, 3.8) is 0 Å². The molecule has 0 bridgehead atoms. The average Bonchev–Trinajstić information content (AvgIpc) is 3.01. The number of nitrogens with one attached hydrogen (secondary N) is 2. The Kier molecular flexibility index (Phi) is 4.49. The Morgan fingerprint density at radius 2 is 2.08 bits per heavy atom. The lowest BCUT2D eigenvalue weighted by Gasteiger charge is -2.04. The van der Waals surface area contributed by atoms with Crippen LogP contribution >= 0.6 is 11.8 Å². The van der Waals surface area contributed by atoms with E-state index in [0.717, 1.165) is 22.0 Å². The van der Waals surface area contributed by atoms with Crippen molar-refractivity contribution in [1.29, 1.82) is 0 Å². The number of carbonyl (C=O) groups is 1. The molecule has 0 spiro atoms. The topological polar surface area (TPSA) is 96.5 Å². The number of H-pyrrole nitrogens is 1. The van der Waals surface area contributed by atoms with Gasteiger partial charge in [-0.25, -0.2) is 9.97 Å². The molecular formula is C18H16N6OS. The Bertz CT molecular complexity index is 1080. The van der Waals surface area contributed by atoms with Crippen molar-refractivity contribution in [2.45, 2.75) is 18.5 Å². The Morgan fingerprint density at radius 1 is 1.19 bits per heavy atom. The number of rotatable bonds is 5. The molecular weight excluding hydrogens is 348 g/mol. The van der Waals surface area contributed by atoms with Crippen LogP contribution in [0.15, 0.2) is 47.8 Å². The number of amides is 1. The van der Waals surface area contributed by atoms with E-state index in [9.17, 15) is 4.79 Å². The van der Waals surface area contributed by atoms with Gasteiger partial charge < -0.3 is 10.3 Å². The van der Waals surface area contributed by atoms with E-state index in [-0.39, 0.29) is 5.91 Å². The molecule has 0 fully saturated rings. The third-order valence-corrected chi connectivity index (χ3v) is 4.68. The fourth-order valence-corrected chi connectivity index (χ4v) is 3.27. The van der Waals surface area contributed by atoms with Crippen LogP contribution in [0, 0.1) is 6.92 Å². The lowest BCUT2D eigenvalue weighted by molar-refractivity contribution is -0.115. The summed E-state index contributed by atoms with van der Waals surface area (Å²) >= 11 is 1.40. The van der Waals surface area contributed by atoms with E-state index in [0.29, 0.717) is 28.8 Å². The normalized spacial score (nSPS) is 11.1. The van der Waals surface area contributed by atoms with Crippen molar-refractivity contribution in [3.8, 4) is 0 Å². The quantitative estimate of drug-likeness (QED) is 0.527. The van der Waals surface area contributed by atoms with E-state index in [1.165, 1.54) is 11.8 Å². The molecule has 0 saturated heterocycles. The van der Waals surface area contributed by atoms with Crippen molar-refractivity contribution in [3.05, 3.63) is 48.2 Å². The van der Waals surface area contributed by atoms with Crippen molar-refractivity contribution in [2.75, 3.05) is 11.1 Å². The number of nitrogens with zero attached hydrogens (tertiary/aromatic N) is 4. The number of hydrogen-bond donors (Lipinski definition) is 2. The standard InChI is InChI=1S/C18H16N6OS/c1-11-6-7-14(19-10-11)21-15(25)8-9-26-18-22-17-16(23-24-18)12-4-2-3-5-13(12)20-17/h2-7,10H,8-9H2,1H3,(H,19,21,25)(H,20,22,24). The Hall–Kier alpha value is -3.00. The Balaban J connectivity index is 1.37. The predicted molar refractivity (Wildman–Crippen MR) is 102 cm³/mol. The second-order valence-electron chi connectivity index (χ2n) is 5.83. The molecule has 0 radical (unpaired) electrons. The van der Waals surface area contributed by atoms with Crippen LogP contribution in [0.2, 0.25) is 0 Å². The molecule has 0 saturated carbocycles. The number of anilines is 1. The van der Waals surface area contributed by atoms with Gasteiger partial charge in [-0.05, 0) is 24.6 Å². The SMILES string of the molecule is Cc1ccc(NC(=O)CCSc2nnc3c(n2)[nH]c2ccccc23)nc1. The van der Waals surface area contributed by atoms with Gasteiger partial charge in [0.05, 0.1) is 0 Å². The molecule has 2 N–H and O–H groups in total. The zero-order valence-electron chi connectivity index (χ0n) is 14.1. The van der Waals surface area contributed by atoms with E-state index in [4.69, 9.17) is 0 Å². The number of aromatic nitrogens is 5. The number of carbonyl (C=O) groups excluding carboxylic acids is 1. The first kappa shape index (κ1) is 16.5. The summed E-state index contributed by atoms with van der Waals surface area (Å²) in [5.74, 6) is 1.03. The minimum Gasteiger partial charge on any atom is -0.338 e. The first-order chi connectivity index (χ1) is 12.7. The largest absolute Gasteiger partial charge is 0.338 e. The van der Waals surface area contributed by atoms with Gasteiger partial charge in [0.2, 0.25) is 11.1 Å². The number of benzene rings is 1. The van der Waals surface area contributed by atoms with Crippen LogP contribution in [0.5, 0.6) is 0 Å². The van der Waals surface area contributed by atoms with E-state index in [1.807, 2.05) is 37.3 Å². The summed E-state index contributed by atoms with van der Waals surface area (Å²) in [4.78, 5) is 23.9. The molecule has 0 aliphatic heterocycles. The van der Waals surface area contributed by atoms with Gasteiger partial charge >= 0.3 is 0 Å². The molecule has 4 aromatic rings. The second-order valence-corrected chi connectivity index (χ2v) is 6.89. The highest BCUT2D eigenvalue weighted by molar-refractivity contribution is 7.99. The molecule has 130 valence electrons. The van der Waals surface area contributed by atoms with Gasteiger partial charge in [-0.1, -0.05) is 36.0 Å². The van der Waals surface area contributed by atoms with E-state index >= 15 is 0 Å². The average molecular weight is 364 g/mol. The molecule has 4 rings (SSSR count). The summed E-state index contributed by atoms with van der Waals surface area (Å²) in [5.41, 5.74) is 3.50. The lowest BCUT2D eigenvalue weighted by atomic mass is 10.2. The fourth-order valence-electron chi connectivity index (χ4n) is 2.55. The third-order valence-electron chi connectivity index (χ3n) is 3.84. The number of para-hydroxylation sites is 1. The van der Waals surface area contributed by atoms with Gasteiger partial charge in [-0.15, -0.1) is 10.2 Å². The van der Waals surface area contributed by atoms with Crippen molar-refractivity contribution >= 4 is 45.6 Å². The fraction of sp³-hybridized carbons (Fsp3) is 0.167. The van der Waals surface area contributed by atoms with Gasteiger partial charge in [-0.2, -0.15) is 0 Å². The zero-order valence-corrected chi connectivity index (χ0v) is 14.9. The molecule has 1 aromatic carbocycles. The maximum absolute atomic E-state index is 12.0. The number of fused-ring (bicyclic) bond motifs is 3. The summed E-state index contributed by atoms with van der Waals surface area (Å²) < 4.78 is 0. The van der Waals surface area contributed by atoms with E-state index in [1.54, 1.807) is 12.3 Å². The van der Waals surface area contributed by atoms with Gasteiger partial charge in [-0.3, -0.25) is 4.79 Å². The molecule has 26 heavy (non-hydrogen) atoms. The Labute approximate surface area is 153 Å². The summed E-state index contributed by atoms with van der Waals surface area (Å²) in [6.45, 7) is 1.95. The third kappa shape index (κ3) is 3.50. The highest BCUT2D eigenvalue weighted by Gasteiger charge is 2.10. The summed E-state index contributed by atoms with van der Waals surface area (Å²) in [6, 6.07) is 11.6. The number of aryl methyl sites for hydroxylation is 1. The zero-order chi connectivity index (χ0) is 17.9. The van der Waals surface area contributed by atoms with Crippen LogP contribution < -0.4 is 5.32 Å². The van der Waals surface area contributed by atoms with Gasteiger partial charge in [0.25, 0.3) is 0 Å². The molecule has 0 unspecified atom stereocenters. The molecule has 0 atom stereocenters. The van der Waals surface area contributed by atoms with Crippen LogP contribution in [-0.4, -0.2) is 36.8 Å². The van der Waals surface area contributed by atoms with Crippen molar-refractivity contribution in [1.82, 2.24) is 25.1 Å². The van der Waals surface area contributed by atoms with Gasteiger partial charge in [0, 0.05) is 29.3 Å². The van der Waals surface area contributed by atoms with Crippen LogP contribution in [0.1, 0.15) is 12.0 Å². The minimum absolute atomic E-state index is 0.0893. The number of aromatic amines is 1. The molecule has 1 amide bonds. The smallest absolute Gasteiger partial charge is 0.226 e. The maximum atomic E-state index is 12.0. The van der Waals surface area contributed by atoms with Crippen molar-refractivity contribution < 1.29 is 4.79 Å². The number of thioether (sulfide) groups is 1.